The molecule has 2 nitrogen and oxygen atoms in total. The summed E-state index contributed by atoms with van der Waals surface area (Å²) in [7, 11) is 2.02. The first kappa shape index (κ1) is 11.2. The Morgan fingerprint density at radius 1 is 1.19 bits per heavy atom. The van der Waals surface area contributed by atoms with Crippen LogP contribution in [-0.2, 0) is 25.8 Å². The first-order chi connectivity index (χ1) is 7.81. The molecule has 0 saturated carbocycles. The normalized spacial score (nSPS) is 10.6. The highest BCUT2D eigenvalue weighted by atomic mass is 35.5. The van der Waals surface area contributed by atoms with Crippen LogP contribution in [0.3, 0.4) is 0 Å². The molecule has 2 aromatic rings. The van der Waals surface area contributed by atoms with Gasteiger partial charge in [-0.3, -0.25) is 0 Å². The van der Waals surface area contributed by atoms with Gasteiger partial charge >= 0.3 is 0 Å². The Morgan fingerprint density at radius 3 is 2.56 bits per heavy atom. The number of aromatic nitrogens is 2. The van der Waals surface area contributed by atoms with Crippen LogP contribution >= 0.6 is 11.6 Å². The van der Waals surface area contributed by atoms with Crippen LogP contribution in [0.1, 0.15) is 17.1 Å². The Hall–Kier alpha value is -1.28. The van der Waals surface area contributed by atoms with Crippen LogP contribution in [0.5, 0.6) is 0 Å². The lowest BCUT2D eigenvalue weighted by molar-refractivity contribution is 0.752. The summed E-state index contributed by atoms with van der Waals surface area (Å²) in [6.07, 6.45) is 3.83. The number of aryl methyl sites for hydroxylation is 2. The molecule has 84 valence electrons. The topological polar surface area (TPSA) is 17.8 Å². The maximum absolute atomic E-state index is 5.80. The van der Waals surface area contributed by atoms with Crippen molar-refractivity contribution in [3.63, 3.8) is 0 Å². The number of hydrogen-bond donors (Lipinski definition) is 0. The molecule has 1 aromatic carbocycles. The second-order valence-electron chi connectivity index (χ2n) is 3.84. The molecule has 0 atom stereocenters. The first-order valence-corrected chi connectivity index (χ1v) is 5.94. The second-order valence-corrected chi connectivity index (χ2v) is 4.11. The van der Waals surface area contributed by atoms with Gasteiger partial charge in [0.05, 0.1) is 11.6 Å². The fraction of sp³-hybridized carbons (Fsp3) is 0.308. The van der Waals surface area contributed by atoms with Crippen molar-refractivity contribution in [3.8, 4) is 0 Å². The van der Waals surface area contributed by atoms with E-state index in [9.17, 15) is 0 Å². The average Bonchev–Trinajstić information content (AvgIpc) is 2.69. The third-order valence-electron chi connectivity index (χ3n) is 2.80. The first-order valence-electron chi connectivity index (χ1n) is 5.40. The van der Waals surface area contributed by atoms with Gasteiger partial charge < -0.3 is 4.57 Å². The quantitative estimate of drug-likeness (QED) is 0.744. The summed E-state index contributed by atoms with van der Waals surface area (Å²) in [5, 5.41) is 0. The molecule has 0 bridgehead atoms. The van der Waals surface area contributed by atoms with E-state index in [4.69, 9.17) is 11.6 Å². The average molecular weight is 235 g/mol. The molecular weight excluding hydrogens is 220 g/mol. The van der Waals surface area contributed by atoms with Gasteiger partial charge in [-0.25, -0.2) is 4.98 Å². The van der Waals surface area contributed by atoms with Gasteiger partial charge in [0.25, 0.3) is 0 Å². The molecule has 0 N–H and O–H groups in total. The number of benzene rings is 1. The zero-order valence-electron chi connectivity index (χ0n) is 9.36. The summed E-state index contributed by atoms with van der Waals surface area (Å²) < 4.78 is 2.08. The van der Waals surface area contributed by atoms with Crippen molar-refractivity contribution in [1.82, 2.24) is 9.55 Å². The number of nitrogens with zero attached hydrogens (tertiary/aromatic N) is 2. The zero-order valence-corrected chi connectivity index (χ0v) is 10.1. The molecule has 0 amide bonds. The summed E-state index contributed by atoms with van der Waals surface area (Å²) >= 11 is 5.80. The largest absolute Gasteiger partial charge is 0.334 e. The molecule has 3 heteroatoms. The number of alkyl halides is 1. The Balaban J connectivity index is 2.02. The summed E-state index contributed by atoms with van der Waals surface area (Å²) in [5.74, 6) is 1.62. The molecule has 0 aliphatic rings. The predicted molar refractivity (Wildman–Crippen MR) is 66.6 cm³/mol. The van der Waals surface area contributed by atoms with Crippen molar-refractivity contribution in [3.05, 3.63) is 53.6 Å². The highest BCUT2D eigenvalue weighted by molar-refractivity contribution is 6.16. The van der Waals surface area contributed by atoms with E-state index in [0.717, 1.165) is 24.4 Å². The van der Waals surface area contributed by atoms with Gasteiger partial charge in [0.15, 0.2) is 0 Å². The van der Waals surface area contributed by atoms with Crippen molar-refractivity contribution in [1.29, 1.82) is 0 Å². The molecule has 0 aliphatic heterocycles. The van der Waals surface area contributed by atoms with Crippen LogP contribution in [0.4, 0.5) is 0 Å². The number of rotatable bonds is 4. The molecule has 0 aliphatic carbocycles. The van der Waals surface area contributed by atoms with Crippen LogP contribution < -0.4 is 0 Å². The maximum Gasteiger partial charge on any atom is 0.108 e. The van der Waals surface area contributed by atoms with Crippen molar-refractivity contribution in [2.45, 2.75) is 18.7 Å². The predicted octanol–water partition coefficient (Wildman–Crippen LogP) is 2.94. The minimum absolute atomic E-state index is 0.523. The van der Waals surface area contributed by atoms with Crippen LogP contribution in [0.2, 0.25) is 0 Å². The lowest BCUT2D eigenvalue weighted by atomic mass is 10.1. The van der Waals surface area contributed by atoms with Crippen LogP contribution in [-0.4, -0.2) is 9.55 Å². The van der Waals surface area contributed by atoms with Crippen LogP contribution in [0.25, 0.3) is 0 Å². The number of hydrogen-bond acceptors (Lipinski definition) is 1. The van der Waals surface area contributed by atoms with Gasteiger partial charge in [-0.15, -0.1) is 11.6 Å². The summed E-state index contributed by atoms with van der Waals surface area (Å²) in [5.41, 5.74) is 2.42. The molecule has 0 radical (unpaired) electrons. The van der Waals surface area contributed by atoms with E-state index >= 15 is 0 Å². The zero-order chi connectivity index (χ0) is 11.4. The van der Waals surface area contributed by atoms with Crippen molar-refractivity contribution < 1.29 is 0 Å². The monoisotopic (exact) mass is 234 g/mol. The van der Waals surface area contributed by atoms with Crippen LogP contribution in [0.15, 0.2) is 36.5 Å². The Kier molecular flexibility index (Phi) is 3.62. The van der Waals surface area contributed by atoms with E-state index in [0.29, 0.717) is 5.88 Å². The van der Waals surface area contributed by atoms with Gasteiger partial charge in [0.1, 0.15) is 5.82 Å². The molecule has 2 rings (SSSR count). The lowest BCUT2D eigenvalue weighted by Gasteiger charge is -2.04. The van der Waals surface area contributed by atoms with Crippen molar-refractivity contribution in [2.24, 2.45) is 7.05 Å². The van der Waals surface area contributed by atoms with Gasteiger partial charge in [-0.1, -0.05) is 30.3 Å². The molecule has 0 spiro atoms. The standard InChI is InChI=1S/C13H15ClN2/c1-16-12(9-14)10-15-13(16)8-7-11-5-3-2-4-6-11/h2-6,10H,7-9H2,1H3. The smallest absolute Gasteiger partial charge is 0.108 e. The second kappa shape index (κ2) is 5.17. The Bertz CT molecular complexity index is 448. The van der Waals surface area contributed by atoms with Crippen molar-refractivity contribution >= 4 is 11.6 Å². The molecule has 16 heavy (non-hydrogen) atoms. The molecule has 0 unspecified atom stereocenters. The molecule has 0 fully saturated rings. The van der Waals surface area contributed by atoms with Gasteiger partial charge in [-0.2, -0.15) is 0 Å². The summed E-state index contributed by atoms with van der Waals surface area (Å²) in [6.45, 7) is 0. The molecule has 0 saturated heterocycles. The minimum atomic E-state index is 0.523. The van der Waals surface area contributed by atoms with E-state index in [2.05, 4.69) is 33.8 Å². The lowest BCUT2D eigenvalue weighted by Crippen LogP contribution is -2.02. The summed E-state index contributed by atoms with van der Waals surface area (Å²) in [6, 6.07) is 10.5. The third kappa shape index (κ3) is 2.45. The minimum Gasteiger partial charge on any atom is -0.334 e. The highest BCUT2D eigenvalue weighted by Crippen LogP contribution is 2.09. The molecular formula is C13H15ClN2. The third-order valence-corrected chi connectivity index (χ3v) is 3.07. The maximum atomic E-state index is 5.80. The number of halogens is 1. The van der Waals surface area contributed by atoms with E-state index in [1.165, 1.54) is 5.56 Å². The van der Waals surface area contributed by atoms with Gasteiger partial charge in [0, 0.05) is 19.7 Å². The van der Waals surface area contributed by atoms with Crippen molar-refractivity contribution in [2.75, 3.05) is 0 Å². The van der Waals surface area contributed by atoms with E-state index in [1.807, 2.05) is 19.3 Å². The van der Waals surface area contributed by atoms with Gasteiger partial charge in [0.2, 0.25) is 0 Å². The fourth-order valence-corrected chi connectivity index (χ4v) is 1.99. The van der Waals surface area contributed by atoms with E-state index in [-0.39, 0.29) is 0 Å². The number of imidazole rings is 1. The molecule has 1 heterocycles. The summed E-state index contributed by atoms with van der Waals surface area (Å²) in [4.78, 5) is 4.38. The Labute approximate surface area is 101 Å². The fourth-order valence-electron chi connectivity index (χ4n) is 1.75. The Morgan fingerprint density at radius 2 is 1.94 bits per heavy atom. The highest BCUT2D eigenvalue weighted by Gasteiger charge is 2.05. The van der Waals surface area contributed by atoms with E-state index in [1.54, 1.807) is 0 Å². The van der Waals surface area contributed by atoms with E-state index < -0.39 is 0 Å². The van der Waals surface area contributed by atoms with Crippen LogP contribution in [0, 0.1) is 0 Å². The SMILES string of the molecule is Cn1c(CCl)cnc1CCc1ccccc1. The van der Waals surface area contributed by atoms with Gasteiger partial charge in [-0.05, 0) is 12.0 Å². The molecule has 1 aromatic heterocycles.